The summed E-state index contributed by atoms with van der Waals surface area (Å²) in [6.45, 7) is 11.3. The standard InChI is InChI=1S/C21H29N5O/c1-15(2)17-7-5-6-8-19(17)24-21(27)26-13-11-25(12-14-26)20-22-10-9-18(23-20)16(3)4/h5-10,15-16H,11-14H2,1-4H3,(H,24,27). The highest BCUT2D eigenvalue weighted by Gasteiger charge is 2.23. The van der Waals surface area contributed by atoms with E-state index in [-0.39, 0.29) is 6.03 Å². The summed E-state index contributed by atoms with van der Waals surface area (Å²) in [6, 6.07) is 9.92. The van der Waals surface area contributed by atoms with Crippen LogP contribution in [0, 0.1) is 0 Å². The summed E-state index contributed by atoms with van der Waals surface area (Å²) in [7, 11) is 0. The Kier molecular flexibility index (Phi) is 5.94. The van der Waals surface area contributed by atoms with E-state index in [0.29, 0.717) is 24.9 Å². The third-order valence-electron chi connectivity index (χ3n) is 4.93. The quantitative estimate of drug-likeness (QED) is 0.885. The fraction of sp³-hybridized carbons (Fsp3) is 0.476. The molecule has 0 spiro atoms. The maximum Gasteiger partial charge on any atom is 0.321 e. The molecule has 3 rings (SSSR count). The SMILES string of the molecule is CC(C)c1ccnc(N2CCN(C(=O)Nc3ccccc3C(C)C)CC2)n1. The number of carbonyl (C=O) groups is 1. The summed E-state index contributed by atoms with van der Waals surface area (Å²) in [5, 5.41) is 3.08. The van der Waals surface area contributed by atoms with Crippen LogP contribution in [-0.4, -0.2) is 47.1 Å². The molecule has 0 bridgehead atoms. The molecule has 6 heteroatoms. The lowest BCUT2D eigenvalue weighted by atomic mass is 10.0. The minimum absolute atomic E-state index is 0.0420. The van der Waals surface area contributed by atoms with Gasteiger partial charge in [0.2, 0.25) is 5.95 Å². The van der Waals surface area contributed by atoms with Gasteiger partial charge in [0.05, 0.1) is 0 Å². The van der Waals surface area contributed by atoms with Crippen molar-refractivity contribution in [3.8, 4) is 0 Å². The molecule has 2 amide bonds. The second-order valence-corrected chi connectivity index (χ2v) is 7.58. The zero-order chi connectivity index (χ0) is 19.4. The van der Waals surface area contributed by atoms with Crippen LogP contribution in [0.2, 0.25) is 0 Å². The number of carbonyl (C=O) groups excluding carboxylic acids is 1. The predicted octanol–water partition coefficient (Wildman–Crippen LogP) is 4.08. The first-order valence-corrected chi connectivity index (χ1v) is 9.68. The molecule has 6 nitrogen and oxygen atoms in total. The molecule has 0 unspecified atom stereocenters. The van der Waals surface area contributed by atoms with Crippen molar-refractivity contribution in [2.45, 2.75) is 39.5 Å². The van der Waals surface area contributed by atoms with E-state index < -0.39 is 0 Å². The molecule has 1 saturated heterocycles. The van der Waals surface area contributed by atoms with Crippen LogP contribution >= 0.6 is 0 Å². The van der Waals surface area contributed by atoms with Gasteiger partial charge in [0.1, 0.15) is 0 Å². The van der Waals surface area contributed by atoms with Crippen LogP contribution in [0.3, 0.4) is 0 Å². The Morgan fingerprint density at radius 1 is 1.00 bits per heavy atom. The van der Waals surface area contributed by atoms with Gasteiger partial charge >= 0.3 is 6.03 Å². The topological polar surface area (TPSA) is 61.4 Å². The number of aromatic nitrogens is 2. The van der Waals surface area contributed by atoms with Gasteiger partial charge in [0, 0.05) is 43.8 Å². The second-order valence-electron chi connectivity index (χ2n) is 7.58. The van der Waals surface area contributed by atoms with Gasteiger partial charge in [-0.1, -0.05) is 45.9 Å². The number of amides is 2. The van der Waals surface area contributed by atoms with Crippen molar-refractivity contribution >= 4 is 17.7 Å². The van der Waals surface area contributed by atoms with E-state index in [2.05, 4.69) is 53.9 Å². The van der Waals surface area contributed by atoms with Gasteiger partial charge in [-0.05, 0) is 29.5 Å². The Hall–Kier alpha value is -2.63. The fourth-order valence-electron chi connectivity index (χ4n) is 3.25. The highest BCUT2D eigenvalue weighted by Crippen LogP contribution is 2.24. The average Bonchev–Trinajstić information content (AvgIpc) is 2.68. The molecule has 1 aromatic heterocycles. The third-order valence-corrected chi connectivity index (χ3v) is 4.93. The van der Waals surface area contributed by atoms with Crippen molar-refractivity contribution in [3.63, 3.8) is 0 Å². The molecule has 1 aliphatic rings. The largest absolute Gasteiger partial charge is 0.337 e. The van der Waals surface area contributed by atoms with Gasteiger partial charge in [-0.25, -0.2) is 14.8 Å². The number of para-hydroxylation sites is 1. The Labute approximate surface area is 161 Å². The number of nitrogens with one attached hydrogen (secondary N) is 1. The lowest BCUT2D eigenvalue weighted by molar-refractivity contribution is 0.208. The number of nitrogens with zero attached hydrogens (tertiary/aromatic N) is 4. The first-order chi connectivity index (χ1) is 13.0. The van der Waals surface area contributed by atoms with Crippen molar-refractivity contribution in [1.82, 2.24) is 14.9 Å². The van der Waals surface area contributed by atoms with Gasteiger partial charge in [-0.3, -0.25) is 0 Å². The Morgan fingerprint density at radius 2 is 1.70 bits per heavy atom. The highest BCUT2D eigenvalue weighted by atomic mass is 16.2. The minimum Gasteiger partial charge on any atom is -0.337 e. The summed E-state index contributed by atoms with van der Waals surface area (Å²) in [5.74, 6) is 1.50. The summed E-state index contributed by atoms with van der Waals surface area (Å²) in [5.41, 5.74) is 3.10. The molecule has 0 aliphatic carbocycles. The smallest absolute Gasteiger partial charge is 0.321 e. The van der Waals surface area contributed by atoms with Crippen molar-refractivity contribution in [2.75, 3.05) is 36.4 Å². The second kappa shape index (κ2) is 8.37. The van der Waals surface area contributed by atoms with Gasteiger partial charge in [-0.15, -0.1) is 0 Å². The maximum atomic E-state index is 12.7. The van der Waals surface area contributed by atoms with E-state index in [9.17, 15) is 4.79 Å². The summed E-state index contributed by atoms with van der Waals surface area (Å²) < 4.78 is 0. The van der Waals surface area contributed by atoms with Crippen LogP contribution < -0.4 is 10.2 Å². The van der Waals surface area contributed by atoms with Crippen LogP contribution in [-0.2, 0) is 0 Å². The molecule has 144 valence electrons. The molecule has 2 heterocycles. The molecule has 0 radical (unpaired) electrons. The number of piperazine rings is 1. The molecule has 0 saturated carbocycles. The van der Waals surface area contributed by atoms with E-state index in [4.69, 9.17) is 0 Å². The molecule has 2 aromatic rings. The molecule has 1 aliphatic heterocycles. The number of hydrogen-bond donors (Lipinski definition) is 1. The maximum absolute atomic E-state index is 12.7. The Balaban J connectivity index is 1.61. The number of benzene rings is 1. The minimum atomic E-state index is -0.0420. The van der Waals surface area contributed by atoms with Crippen LogP contribution in [0.1, 0.15) is 50.8 Å². The van der Waals surface area contributed by atoms with E-state index in [1.165, 1.54) is 0 Å². The van der Waals surface area contributed by atoms with Crippen LogP contribution in [0.15, 0.2) is 36.5 Å². The van der Waals surface area contributed by atoms with E-state index in [1.807, 2.05) is 35.4 Å². The lowest BCUT2D eigenvalue weighted by Crippen LogP contribution is -2.50. The third kappa shape index (κ3) is 4.56. The summed E-state index contributed by atoms with van der Waals surface area (Å²) in [4.78, 5) is 25.8. The molecule has 27 heavy (non-hydrogen) atoms. The molecular formula is C21H29N5O. The van der Waals surface area contributed by atoms with Gasteiger partial charge in [0.25, 0.3) is 0 Å². The Morgan fingerprint density at radius 3 is 2.37 bits per heavy atom. The summed E-state index contributed by atoms with van der Waals surface area (Å²) in [6.07, 6.45) is 1.82. The number of anilines is 2. The Bertz CT molecular complexity index is 782. The van der Waals surface area contributed by atoms with Gasteiger partial charge in [0.15, 0.2) is 0 Å². The van der Waals surface area contributed by atoms with Crippen LogP contribution in [0.25, 0.3) is 0 Å². The van der Waals surface area contributed by atoms with Crippen molar-refractivity contribution < 1.29 is 4.79 Å². The monoisotopic (exact) mass is 367 g/mol. The predicted molar refractivity (Wildman–Crippen MR) is 109 cm³/mol. The number of hydrogen-bond acceptors (Lipinski definition) is 4. The van der Waals surface area contributed by atoms with Crippen molar-refractivity contribution in [1.29, 1.82) is 0 Å². The molecule has 1 aromatic carbocycles. The highest BCUT2D eigenvalue weighted by molar-refractivity contribution is 5.90. The first kappa shape index (κ1) is 19.1. The lowest BCUT2D eigenvalue weighted by Gasteiger charge is -2.35. The molecule has 1 fully saturated rings. The first-order valence-electron chi connectivity index (χ1n) is 9.68. The normalized spacial score (nSPS) is 14.7. The van der Waals surface area contributed by atoms with E-state index >= 15 is 0 Å². The fourth-order valence-corrected chi connectivity index (χ4v) is 3.25. The van der Waals surface area contributed by atoms with Crippen molar-refractivity contribution in [2.24, 2.45) is 0 Å². The molecular weight excluding hydrogens is 338 g/mol. The van der Waals surface area contributed by atoms with Gasteiger partial charge < -0.3 is 15.1 Å². The average molecular weight is 367 g/mol. The van der Waals surface area contributed by atoms with Crippen LogP contribution in [0.5, 0.6) is 0 Å². The molecule has 0 atom stereocenters. The molecule has 1 N–H and O–H groups in total. The number of rotatable bonds is 4. The zero-order valence-electron chi connectivity index (χ0n) is 16.6. The van der Waals surface area contributed by atoms with Crippen LogP contribution in [0.4, 0.5) is 16.4 Å². The number of urea groups is 1. The van der Waals surface area contributed by atoms with E-state index in [1.54, 1.807) is 0 Å². The zero-order valence-corrected chi connectivity index (χ0v) is 16.6. The van der Waals surface area contributed by atoms with E-state index in [0.717, 1.165) is 36.0 Å². The van der Waals surface area contributed by atoms with Gasteiger partial charge in [-0.2, -0.15) is 0 Å². The van der Waals surface area contributed by atoms with Crippen molar-refractivity contribution in [3.05, 3.63) is 47.8 Å². The summed E-state index contributed by atoms with van der Waals surface area (Å²) >= 11 is 0.